The van der Waals surface area contributed by atoms with Gasteiger partial charge in [-0.1, -0.05) is 12.8 Å². The number of aromatic nitrogens is 2. The van der Waals surface area contributed by atoms with Crippen LogP contribution in [0.3, 0.4) is 0 Å². The normalized spacial score (nSPS) is 26.6. The summed E-state index contributed by atoms with van der Waals surface area (Å²) in [6.07, 6.45) is 10.0. The molecule has 1 aliphatic carbocycles. The fourth-order valence-electron chi connectivity index (χ4n) is 3.97. The van der Waals surface area contributed by atoms with Crippen molar-refractivity contribution < 1.29 is 9.53 Å². The molecular weight excluding hydrogens is 310 g/mol. The lowest BCUT2D eigenvalue weighted by atomic mass is 9.92. The van der Waals surface area contributed by atoms with Crippen molar-refractivity contribution in [1.82, 2.24) is 15.1 Å². The number of hydrogen-bond acceptors (Lipinski definition) is 5. The minimum atomic E-state index is 0.0708. The first-order chi connectivity index (χ1) is 11.2. The maximum atomic E-state index is 12.4. The van der Waals surface area contributed by atoms with Crippen molar-refractivity contribution in [1.29, 1.82) is 0 Å². The van der Waals surface area contributed by atoms with Crippen LogP contribution in [0.2, 0.25) is 0 Å². The van der Waals surface area contributed by atoms with Crippen LogP contribution in [0.25, 0.3) is 0 Å². The summed E-state index contributed by atoms with van der Waals surface area (Å²) in [5.74, 6) is 1.93. The first kappa shape index (κ1) is 15.4. The maximum Gasteiger partial charge on any atom is 0.255 e. The number of nitrogens with zero attached hydrogens (tertiary/aromatic N) is 3. The van der Waals surface area contributed by atoms with Gasteiger partial charge in [-0.2, -0.15) is 10.2 Å². The Morgan fingerprint density at radius 1 is 1.35 bits per heavy atom. The van der Waals surface area contributed by atoms with E-state index in [1.807, 2.05) is 16.7 Å². The number of ether oxygens (including phenoxy) is 1. The first-order valence-electron chi connectivity index (χ1n) is 8.56. The van der Waals surface area contributed by atoms with Crippen LogP contribution >= 0.6 is 11.8 Å². The molecule has 1 spiro atoms. The Hall–Kier alpha value is -1.14. The summed E-state index contributed by atoms with van der Waals surface area (Å²) >= 11 is 1.99. The third-order valence-electron chi connectivity index (χ3n) is 5.29. The van der Waals surface area contributed by atoms with Gasteiger partial charge in [0.2, 0.25) is 0 Å². The summed E-state index contributed by atoms with van der Waals surface area (Å²) in [6, 6.07) is 1.73. The molecule has 3 fully saturated rings. The fourth-order valence-corrected chi connectivity index (χ4v) is 5.52. The van der Waals surface area contributed by atoms with E-state index in [-0.39, 0.29) is 10.7 Å². The van der Waals surface area contributed by atoms with Crippen LogP contribution in [0.4, 0.5) is 0 Å². The van der Waals surface area contributed by atoms with Gasteiger partial charge < -0.3 is 9.64 Å². The van der Waals surface area contributed by atoms with E-state index in [4.69, 9.17) is 4.74 Å². The van der Waals surface area contributed by atoms with E-state index in [1.165, 1.54) is 25.7 Å². The number of carbonyl (C=O) groups excluding carboxylic acids is 1. The highest BCUT2D eigenvalue weighted by atomic mass is 32.2. The lowest BCUT2D eigenvalue weighted by molar-refractivity contribution is 0.0197. The van der Waals surface area contributed by atoms with Crippen LogP contribution in [0.1, 0.15) is 42.5 Å². The molecule has 1 aromatic heterocycles. The van der Waals surface area contributed by atoms with Gasteiger partial charge in [-0.05, 0) is 31.2 Å². The number of hydrogen-bond donors (Lipinski definition) is 0. The van der Waals surface area contributed by atoms with E-state index >= 15 is 0 Å². The van der Waals surface area contributed by atoms with Gasteiger partial charge >= 0.3 is 0 Å². The smallest absolute Gasteiger partial charge is 0.255 e. The lowest BCUT2D eigenvalue weighted by Crippen LogP contribution is -2.60. The summed E-state index contributed by atoms with van der Waals surface area (Å²) in [5.41, 5.74) is 0.631. The van der Waals surface area contributed by atoms with Crippen LogP contribution in [-0.2, 0) is 4.74 Å². The van der Waals surface area contributed by atoms with Gasteiger partial charge in [-0.3, -0.25) is 4.79 Å². The molecule has 0 radical (unpaired) electrons. The molecule has 1 aromatic rings. The van der Waals surface area contributed by atoms with E-state index < -0.39 is 0 Å². The first-order valence-corrected chi connectivity index (χ1v) is 9.54. The SMILES string of the molecule is O=C(c1ccnnc1)N1CC2(C[C@@H](OCC3CCCC3)CS2)C1. The molecule has 2 aliphatic heterocycles. The minimum absolute atomic E-state index is 0.0708. The zero-order valence-corrected chi connectivity index (χ0v) is 14.1. The van der Waals surface area contributed by atoms with Gasteiger partial charge in [-0.15, -0.1) is 11.8 Å². The summed E-state index contributed by atoms with van der Waals surface area (Å²) < 4.78 is 6.39. The van der Waals surface area contributed by atoms with Crippen molar-refractivity contribution in [3.63, 3.8) is 0 Å². The highest BCUT2D eigenvalue weighted by Gasteiger charge is 2.51. The molecule has 0 bridgehead atoms. The van der Waals surface area contributed by atoms with Crippen molar-refractivity contribution in [2.45, 2.75) is 43.0 Å². The Kier molecular flexibility index (Phi) is 4.28. The number of thioether (sulfide) groups is 1. The fraction of sp³-hybridized carbons (Fsp3) is 0.706. The zero-order chi connectivity index (χ0) is 15.7. The topological polar surface area (TPSA) is 55.3 Å². The van der Waals surface area contributed by atoms with Gasteiger partial charge in [0.1, 0.15) is 0 Å². The Morgan fingerprint density at radius 3 is 2.91 bits per heavy atom. The molecule has 6 heteroatoms. The number of rotatable bonds is 4. The lowest BCUT2D eigenvalue weighted by Gasteiger charge is -2.47. The molecule has 1 saturated carbocycles. The van der Waals surface area contributed by atoms with Crippen LogP contribution in [0, 0.1) is 5.92 Å². The van der Waals surface area contributed by atoms with Gasteiger partial charge in [0.25, 0.3) is 5.91 Å². The number of likely N-dealkylation sites (tertiary alicyclic amines) is 1. The van der Waals surface area contributed by atoms with Crippen molar-refractivity contribution in [3.8, 4) is 0 Å². The second-order valence-corrected chi connectivity index (χ2v) is 8.58. The standard InChI is InChI=1S/C17H23N3O2S/c21-16(14-5-6-18-19-8-14)20-11-17(12-20)7-15(10-23-17)22-9-13-3-1-2-4-13/h5-6,8,13,15H,1-4,7,9-12H2/t15-/m1/s1. The largest absolute Gasteiger partial charge is 0.377 e. The van der Waals surface area contributed by atoms with Crippen LogP contribution in [0.15, 0.2) is 18.5 Å². The van der Waals surface area contributed by atoms with Crippen molar-refractivity contribution in [2.24, 2.45) is 5.92 Å². The van der Waals surface area contributed by atoms with E-state index in [0.29, 0.717) is 11.7 Å². The molecule has 1 amide bonds. The quantitative estimate of drug-likeness (QED) is 0.847. The van der Waals surface area contributed by atoms with Crippen LogP contribution < -0.4 is 0 Å². The highest BCUT2D eigenvalue weighted by molar-refractivity contribution is 8.01. The van der Waals surface area contributed by atoms with E-state index in [1.54, 1.807) is 18.5 Å². The van der Waals surface area contributed by atoms with Crippen LogP contribution in [-0.4, -0.2) is 57.3 Å². The van der Waals surface area contributed by atoms with E-state index in [2.05, 4.69) is 10.2 Å². The third kappa shape index (κ3) is 3.24. The Labute approximate surface area is 141 Å². The number of amides is 1. The molecular formula is C17H23N3O2S. The molecule has 2 saturated heterocycles. The van der Waals surface area contributed by atoms with Crippen molar-refractivity contribution in [3.05, 3.63) is 24.0 Å². The molecule has 0 aromatic carbocycles. The average molecular weight is 333 g/mol. The van der Waals surface area contributed by atoms with Crippen molar-refractivity contribution >= 4 is 17.7 Å². The predicted molar refractivity (Wildman–Crippen MR) is 89.4 cm³/mol. The molecule has 5 nitrogen and oxygen atoms in total. The van der Waals surface area contributed by atoms with E-state index in [0.717, 1.165) is 37.8 Å². The van der Waals surface area contributed by atoms with Crippen molar-refractivity contribution in [2.75, 3.05) is 25.4 Å². The van der Waals surface area contributed by atoms with Gasteiger partial charge in [-0.25, -0.2) is 0 Å². The average Bonchev–Trinajstić information content (AvgIpc) is 3.21. The van der Waals surface area contributed by atoms with Gasteiger partial charge in [0, 0.05) is 25.4 Å². The third-order valence-corrected chi connectivity index (χ3v) is 6.87. The Bertz CT molecular complexity index is 556. The molecule has 1 atom stereocenters. The molecule has 23 heavy (non-hydrogen) atoms. The summed E-state index contributed by atoms with van der Waals surface area (Å²) in [4.78, 5) is 14.3. The zero-order valence-electron chi connectivity index (χ0n) is 13.3. The monoisotopic (exact) mass is 333 g/mol. The Balaban J connectivity index is 1.25. The molecule has 0 N–H and O–H groups in total. The molecule has 124 valence electrons. The minimum Gasteiger partial charge on any atom is -0.377 e. The summed E-state index contributed by atoms with van der Waals surface area (Å²) in [6.45, 7) is 2.61. The Morgan fingerprint density at radius 2 is 2.17 bits per heavy atom. The summed E-state index contributed by atoms with van der Waals surface area (Å²) in [7, 11) is 0. The molecule has 3 aliphatic rings. The second kappa shape index (κ2) is 6.40. The van der Waals surface area contributed by atoms with Gasteiger partial charge in [0.15, 0.2) is 0 Å². The van der Waals surface area contributed by atoms with Crippen LogP contribution in [0.5, 0.6) is 0 Å². The highest BCUT2D eigenvalue weighted by Crippen LogP contribution is 2.46. The molecule has 3 heterocycles. The van der Waals surface area contributed by atoms with Gasteiger partial charge in [0.05, 0.1) is 28.8 Å². The number of carbonyl (C=O) groups is 1. The maximum absolute atomic E-state index is 12.4. The molecule has 4 rings (SSSR count). The predicted octanol–water partition coefficient (Wildman–Crippen LogP) is 2.38. The molecule has 0 unspecified atom stereocenters. The summed E-state index contributed by atoms with van der Waals surface area (Å²) in [5, 5.41) is 7.51. The van der Waals surface area contributed by atoms with E-state index in [9.17, 15) is 4.79 Å². The second-order valence-electron chi connectivity index (χ2n) is 7.10.